The van der Waals surface area contributed by atoms with Gasteiger partial charge in [-0.05, 0) is 36.6 Å². The Morgan fingerprint density at radius 3 is 2.67 bits per heavy atom. The summed E-state index contributed by atoms with van der Waals surface area (Å²) in [4.78, 5) is 15.2. The first-order valence-electron chi connectivity index (χ1n) is 10.5. The summed E-state index contributed by atoms with van der Waals surface area (Å²) < 4.78 is 55.3. The highest BCUT2D eigenvalue weighted by molar-refractivity contribution is 5.91. The van der Waals surface area contributed by atoms with Crippen molar-refractivity contribution < 1.29 is 17.6 Å². The Morgan fingerprint density at radius 1 is 1.30 bits per heavy atom. The number of halogens is 4. The van der Waals surface area contributed by atoms with Crippen LogP contribution in [0.4, 0.5) is 29.1 Å². The minimum atomic E-state index is -4.57. The van der Waals surface area contributed by atoms with Gasteiger partial charge in [-0.25, -0.2) is 4.39 Å². The molecule has 0 bridgehead atoms. The van der Waals surface area contributed by atoms with Crippen LogP contribution in [0.2, 0.25) is 0 Å². The van der Waals surface area contributed by atoms with Gasteiger partial charge in [0.25, 0.3) is 5.56 Å². The molecule has 1 saturated carbocycles. The van der Waals surface area contributed by atoms with E-state index in [1.54, 1.807) is 6.07 Å². The summed E-state index contributed by atoms with van der Waals surface area (Å²) in [5.74, 6) is 0.120. The smallest absolute Gasteiger partial charge is 0.338 e. The third-order valence-corrected chi connectivity index (χ3v) is 6.20. The number of rotatable bonds is 5. The number of pyridine rings is 1. The molecule has 2 heterocycles. The first kappa shape index (κ1) is 22.8. The van der Waals surface area contributed by atoms with Crippen molar-refractivity contribution in [3.05, 3.63) is 52.4 Å². The van der Waals surface area contributed by atoms with E-state index >= 15 is 4.39 Å². The van der Waals surface area contributed by atoms with Crippen LogP contribution in [-0.2, 0) is 5.54 Å². The number of nitrogens with zero attached hydrogens (tertiary/aromatic N) is 3. The fourth-order valence-electron chi connectivity index (χ4n) is 4.43. The molecule has 174 valence electrons. The third-order valence-electron chi connectivity index (χ3n) is 6.20. The van der Waals surface area contributed by atoms with Crippen LogP contribution in [0.3, 0.4) is 0 Å². The molecule has 1 fully saturated rings. The lowest BCUT2D eigenvalue weighted by molar-refractivity contribution is -0.149. The summed E-state index contributed by atoms with van der Waals surface area (Å²) in [6.45, 7) is 0. The molecular formula is C22H22F4N6O. The van der Waals surface area contributed by atoms with Crippen LogP contribution in [0.25, 0.3) is 10.9 Å². The number of anilines is 2. The topological polar surface area (TPSA) is 113 Å². The molecule has 1 aromatic carbocycles. The molecule has 4 N–H and O–H groups in total. The van der Waals surface area contributed by atoms with E-state index in [0.717, 1.165) is 6.42 Å². The van der Waals surface area contributed by atoms with Gasteiger partial charge in [0.2, 0.25) is 0 Å². The average Bonchev–Trinajstić information content (AvgIpc) is 3.15. The van der Waals surface area contributed by atoms with E-state index in [9.17, 15) is 23.2 Å². The summed E-state index contributed by atoms with van der Waals surface area (Å²) >= 11 is 0. The number of nitrogens with two attached hydrogens (primary N) is 1. The van der Waals surface area contributed by atoms with Gasteiger partial charge in [-0.15, -0.1) is 0 Å². The number of aromatic amines is 1. The molecular weight excluding hydrogens is 440 g/mol. The molecule has 0 unspecified atom stereocenters. The summed E-state index contributed by atoms with van der Waals surface area (Å²) in [6, 6.07) is 6.81. The van der Waals surface area contributed by atoms with Crippen LogP contribution >= 0.6 is 0 Å². The average molecular weight is 462 g/mol. The van der Waals surface area contributed by atoms with Gasteiger partial charge in [0.15, 0.2) is 5.82 Å². The first-order valence-corrected chi connectivity index (χ1v) is 10.5. The number of nitrogens with one attached hydrogen (secondary N) is 2. The quantitative estimate of drug-likeness (QED) is 0.482. The zero-order chi connectivity index (χ0) is 23.8. The van der Waals surface area contributed by atoms with Gasteiger partial charge in [-0.1, -0.05) is 25.0 Å². The van der Waals surface area contributed by atoms with Gasteiger partial charge < -0.3 is 16.0 Å². The Balaban J connectivity index is 1.77. The van der Waals surface area contributed by atoms with Crippen LogP contribution < -0.4 is 16.6 Å². The van der Waals surface area contributed by atoms with Gasteiger partial charge in [0.05, 0.1) is 18.0 Å². The van der Waals surface area contributed by atoms with E-state index in [0.29, 0.717) is 24.0 Å². The third kappa shape index (κ3) is 4.06. The van der Waals surface area contributed by atoms with Crippen molar-refractivity contribution in [3.8, 4) is 6.07 Å². The number of hydrogen-bond acceptors (Lipinski definition) is 5. The first-order chi connectivity index (χ1) is 15.7. The molecule has 0 amide bonds. The highest BCUT2D eigenvalue weighted by Gasteiger charge is 2.45. The van der Waals surface area contributed by atoms with Gasteiger partial charge in [0, 0.05) is 11.9 Å². The maximum Gasteiger partial charge on any atom is 0.407 e. The predicted octanol–water partition coefficient (Wildman–Crippen LogP) is 4.55. The van der Waals surface area contributed by atoms with Crippen LogP contribution in [0.1, 0.15) is 43.7 Å². The van der Waals surface area contributed by atoms with E-state index in [1.807, 2.05) is 0 Å². The van der Waals surface area contributed by atoms with Crippen LogP contribution in [0.5, 0.6) is 0 Å². The van der Waals surface area contributed by atoms with E-state index in [4.69, 9.17) is 5.73 Å². The molecule has 3 aromatic rings. The molecule has 1 aliphatic carbocycles. The fraction of sp³-hybridized carbons (Fsp3) is 0.409. The second-order valence-electron chi connectivity index (χ2n) is 8.25. The zero-order valence-corrected chi connectivity index (χ0v) is 17.5. The van der Waals surface area contributed by atoms with Crippen LogP contribution in [-0.4, -0.2) is 27.1 Å². The minimum absolute atomic E-state index is 0.110. The lowest BCUT2D eigenvalue weighted by Gasteiger charge is -2.39. The van der Waals surface area contributed by atoms with E-state index in [2.05, 4.69) is 21.5 Å². The van der Waals surface area contributed by atoms with Crippen molar-refractivity contribution in [1.82, 2.24) is 14.8 Å². The molecule has 7 nitrogen and oxygen atoms in total. The second kappa shape index (κ2) is 8.51. The van der Waals surface area contributed by atoms with E-state index in [1.165, 1.54) is 35.1 Å². The maximum atomic E-state index is 15.2. The van der Waals surface area contributed by atoms with Gasteiger partial charge in [-0.3, -0.25) is 9.48 Å². The summed E-state index contributed by atoms with van der Waals surface area (Å²) in [5, 5.41) is 17.0. The van der Waals surface area contributed by atoms with Crippen LogP contribution in [0, 0.1) is 11.3 Å². The van der Waals surface area contributed by atoms with Crippen LogP contribution in [0.15, 0.2) is 41.3 Å². The minimum Gasteiger partial charge on any atom is -0.338 e. The van der Waals surface area contributed by atoms with Crippen molar-refractivity contribution in [2.45, 2.75) is 56.0 Å². The molecule has 2 aromatic heterocycles. The summed E-state index contributed by atoms with van der Waals surface area (Å²) in [7, 11) is 0. The Bertz CT molecular complexity index is 1240. The number of fused-ring (bicyclic) bond motifs is 1. The lowest BCUT2D eigenvalue weighted by Crippen LogP contribution is -2.45. The van der Waals surface area contributed by atoms with Gasteiger partial charge >= 0.3 is 6.18 Å². The van der Waals surface area contributed by atoms with E-state index < -0.39 is 29.5 Å². The molecule has 3 atom stereocenters. The number of alkyl halides is 4. The molecule has 0 radical (unpaired) electrons. The largest absolute Gasteiger partial charge is 0.407 e. The highest BCUT2D eigenvalue weighted by atomic mass is 19.4. The van der Waals surface area contributed by atoms with Gasteiger partial charge in [0.1, 0.15) is 23.1 Å². The monoisotopic (exact) mass is 462 g/mol. The van der Waals surface area contributed by atoms with Crippen molar-refractivity contribution in [2.24, 2.45) is 5.73 Å². The zero-order valence-electron chi connectivity index (χ0n) is 17.5. The molecule has 0 spiro atoms. The number of hydrogen-bond donors (Lipinski definition) is 3. The number of aromatic nitrogens is 3. The number of nitriles is 1. The predicted molar refractivity (Wildman–Crippen MR) is 115 cm³/mol. The fourth-order valence-corrected chi connectivity index (χ4v) is 4.43. The molecule has 0 aliphatic heterocycles. The molecule has 0 saturated heterocycles. The van der Waals surface area contributed by atoms with Crippen molar-refractivity contribution in [1.29, 1.82) is 5.26 Å². The standard InChI is InChI=1S/C22H22F4N6O/c23-16-3-1-2-9-21(16,10-11-27)32-15-8-12-29-20(33)17(15)19(31-32)30-14-6-4-13(5-7-14)18(28)22(24,25)26/h4-8,12,16,18H,1-3,9-10,28H2,(H,29,33)(H,30,31)/t16-,18-,21-/m1/s1. The van der Waals surface area contributed by atoms with Crippen molar-refractivity contribution >= 4 is 22.4 Å². The molecule has 1 aliphatic rings. The Kier molecular flexibility index (Phi) is 5.88. The number of H-pyrrole nitrogens is 1. The van der Waals surface area contributed by atoms with Crippen molar-refractivity contribution in [2.75, 3.05) is 5.32 Å². The molecule has 11 heteroatoms. The maximum absolute atomic E-state index is 15.2. The van der Waals surface area contributed by atoms with Gasteiger partial charge in [-0.2, -0.15) is 23.5 Å². The highest BCUT2D eigenvalue weighted by Crippen LogP contribution is 2.42. The molecule has 33 heavy (non-hydrogen) atoms. The SMILES string of the molecule is N#CC[C@]1(n2nc(Nc3ccc([C@@H](N)C(F)(F)F)cc3)c3c(=O)[nH]ccc32)CCCC[C@H]1F. The normalized spacial score (nSPS) is 22.1. The Morgan fingerprint density at radius 2 is 2.03 bits per heavy atom. The Hall–Kier alpha value is -3.39. The lowest BCUT2D eigenvalue weighted by atomic mass is 9.78. The summed E-state index contributed by atoms with van der Waals surface area (Å²) in [6.07, 6.45) is -2.47. The van der Waals surface area contributed by atoms with E-state index in [-0.39, 0.29) is 29.6 Å². The molecule has 4 rings (SSSR count). The van der Waals surface area contributed by atoms with Crippen molar-refractivity contribution in [3.63, 3.8) is 0 Å². The Labute approximate surface area is 186 Å². The number of benzene rings is 1. The second-order valence-corrected chi connectivity index (χ2v) is 8.25. The summed E-state index contributed by atoms with van der Waals surface area (Å²) in [5.41, 5.74) is 4.20.